The molecular formula is C16H14ClNO3. The van der Waals surface area contributed by atoms with E-state index >= 15 is 0 Å². The summed E-state index contributed by atoms with van der Waals surface area (Å²) in [5.41, 5.74) is 3.24. The number of rotatable bonds is 2. The summed E-state index contributed by atoms with van der Waals surface area (Å²) in [4.78, 5) is 10.3. The lowest BCUT2D eigenvalue weighted by Crippen LogP contribution is -2.24. The summed E-state index contributed by atoms with van der Waals surface area (Å²) in [7, 11) is 0. The van der Waals surface area contributed by atoms with Crippen molar-refractivity contribution < 1.29 is 9.66 Å². The van der Waals surface area contributed by atoms with Gasteiger partial charge in [0, 0.05) is 17.2 Å². The number of nitro groups is 1. The summed E-state index contributed by atoms with van der Waals surface area (Å²) in [5, 5.41) is 11.4. The zero-order valence-corrected chi connectivity index (χ0v) is 12.2. The van der Waals surface area contributed by atoms with Gasteiger partial charge in [0.2, 0.25) is 0 Å². The Morgan fingerprint density at radius 3 is 2.62 bits per heavy atom. The van der Waals surface area contributed by atoms with Crippen molar-refractivity contribution in [1.29, 1.82) is 0 Å². The average molecular weight is 304 g/mol. The van der Waals surface area contributed by atoms with Crippen LogP contribution in [-0.4, -0.2) is 11.0 Å². The third-order valence-corrected chi connectivity index (χ3v) is 3.91. The molecule has 0 radical (unpaired) electrons. The van der Waals surface area contributed by atoms with Crippen molar-refractivity contribution in [3.8, 4) is 0 Å². The molecule has 3 rings (SSSR count). The van der Waals surface area contributed by atoms with E-state index in [1.807, 2.05) is 25.1 Å². The Hall–Kier alpha value is -1.91. The minimum atomic E-state index is -0.401. The van der Waals surface area contributed by atoms with Crippen LogP contribution in [0.25, 0.3) is 0 Å². The zero-order chi connectivity index (χ0) is 15.0. The van der Waals surface area contributed by atoms with E-state index in [1.165, 1.54) is 17.7 Å². The van der Waals surface area contributed by atoms with E-state index in [-0.39, 0.29) is 17.9 Å². The lowest BCUT2D eigenvalue weighted by molar-refractivity contribution is -0.384. The van der Waals surface area contributed by atoms with Crippen molar-refractivity contribution in [1.82, 2.24) is 0 Å². The second-order valence-corrected chi connectivity index (χ2v) is 5.66. The molecule has 2 atom stereocenters. The maximum atomic E-state index is 10.7. The van der Waals surface area contributed by atoms with Gasteiger partial charge in [0.15, 0.2) is 0 Å². The smallest absolute Gasteiger partial charge is 0.269 e. The van der Waals surface area contributed by atoms with Crippen LogP contribution in [-0.2, 0) is 11.2 Å². The Kier molecular flexibility index (Phi) is 3.66. The molecule has 1 aliphatic heterocycles. The summed E-state index contributed by atoms with van der Waals surface area (Å²) in [5.74, 6) is 0. The van der Waals surface area contributed by atoms with Crippen LogP contribution in [0.1, 0.15) is 29.7 Å². The number of nitro benzene ring substituents is 1. The molecular weight excluding hydrogens is 290 g/mol. The maximum Gasteiger partial charge on any atom is 0.269 e. The predicted octanol–water partition coefficient (Wildman–Crippen LogP) is 4.30. The van der Waals surface area contributed by atoms with E-state index in [2.05, 4.69) is 0 Å². The highest BCUT2D eigenvalue weighted by Crippen LogP contribution is 2.36. The predicted molar refractivity (Wildman–Crippen MR) is 80.6 cm³/mol. The molecule has 0 fully saturated rings. The van der Waals surface area contributed by atoms with Crippen LogP contribution in [0.2, 0.25) is 5.02 Å². The molecule has 2 aromatic rings. The summed E-state index contributed by atoms with van der Waals surface area (Å²) < 4.78 is 6.03. The molecule has 0 saturated carbocycles. The monoisotopic (exact) mass is 303 g/mol. The van der Waals surface area contributed by atoms with E-state index in [0.29, 0.717) is 5.02 Å². The molecule has 0 aliphatic carbocycles. The van der Waals surface area contributed by atoms with Gasteiger partial charge in [-0.25, -0.2) is 0 Å². The molecule has 1 aliphatic rings. The zero-order valence-electron chi connectivity index (χ0n) is 11.5. The summed E-state index contributed by atoms with van der Waals surface area (Å²) >= 11 is 6.06. The molecule has 21 heavy (non-hydrogen) atoms. The third kappa shape index (κ3) is 2.77. The minimum absolute atomic E-state index is 0.0798. The molecule has 0 N–H and O–H groups in total. The first-order valence-electron chi connectivity index (χ1n) is 6.73. The lowest BCUT2D eigenvalue weighted by Gasteiger charge is -2.31. The fourth-order valence-electron chi connectivity index (χ4n) is 2.70. The standard InChI is InChI=1S/C16H14ClNO3/c1-10-8-12-9-13(17)4-7-15(12)16(21-10)11-2-5-14(6-3-11)18(19)20/h2-7,9-10,16H,8H2,1H3. The van der Waals surface area contributed by atoms with Crippen molar-refractivity contribution in [2.45, 2.75) is 25.6 Å². The Labute approximate surface area is 127 Å². The van der Waals surface area contributed by atoms with Crippen molar-refractivity contribution in [2.24, 2.45) is 0 Å². The van der Waals surface area contributed by atoms with Crippen LogP contribution in [0.3, 0.4) is 0 Å². The molecule has 4 nitrogen and oxygen atoms in total. The van der Waals surface area contributed by atoms with Crippen molar-refractivity contribution in [2.75, 3.05) is 0 Å². The first-order valence-corrected chi connectivity index (χ1v) is 7.10. The molecule has 1 heterocycles. The normalized spacial score (nSPS) is 20.9. The fourth-order valence-corrected chi connectivity index (χ4v) is 2.89. The highest BCUT2D eigenvalue weighted by molar-refractivity contribution is 6.30. The molecule has 2 aromatic carbocycles. The van der Waals surface area contributed by atoms with Crippen molar-refractivity contribution in [3.63, 3.8) is 0 Å². The van der Waals surface area contributed by atoms with Crippen molar-refractivity contribution in [3.05, 3.63) is 74.3 Å². The van der Waals surface area contributed by atoms with Gasteiger partial charge in [0.25, 0.3) is 5.69 Å². The number of ether oxygens (including phenoxy) is 1. The van der Waals surface area contributed by atoms with Gasteiger partial charge in [-0.05, 0) is 54.3 Å². The van der Waals surface area contributed by atoms with Gasteiger partial charge in [-0.3, -0.25) is 10.1 Å². The quantitative estimate of drug-likeness (QED) is 0.614. The number of halogens is 1. The molecule has 2 unspecified atom stereocenters. The van der Waals surface area contributed by atoms with E-state index in [4.69, 9.17) is 16.3 Å². The van der Waals surface area contributed by atoms with Crippen LogP contribution in [0, 0.1) is 10.1 Å². The van der Waals surface area contributed by atoms with Crippen LogP contribution >= 0.6 is 11.6 Å². The average Bonchev–Trinajstić information content (AvgIpc) is 2.46. The third-order valence-electron chi connectivity index (χ3n) is 3.67. The molecule has 108 valence electrons. The maximum absolute atomic E-state index is 10.7. The SMILES string of the molecule is CC1Cc2cc(Cl)ccc2C(c2ccc([N+](=O)[O-])cc2)O1. The largest absolute Gasteiger partial charge is 0.365 e. The van der Waals surface area contributed by atoms with E-state index in [1.54, 1.807) is 12.1 Å². The Balaban J connectivity index is 2.01. The molecule has 0 aromatic heterocycles. The second-order valence-electron chi connectivity index (χ2n) is 5.22. The summed E-state index contributed by atoms with van der Waals surface area (Å²) in [6, 6.07) is 12.3. The van der Waals surface area contributed by atoms with Crippen LogP contribution in [0.4, 0.5) is 5.69 Å². The molecule has 0 bridgehead atoms. The van der Waals surface area contributed by atoms with Gasteiger partial charge in [-0.2, -0.15) is 0 Å². The fraction of sp³-hybridized carbons (Fsp3) is 0.250. The Bertz CT molecular complexity index is 684. The highest BCUT2D eigenvalue weighted by Gasteiger charge is 2.27. The minimum Gasteiger partial charge on any atom is -0.365 e. The van der Waals surface area contributed by atoms with E-state index in [9.17, 15) is 10.1 Å². The first kappa shape index (κ1) is 14.0. The summed E-state index contributed by atoms with van der Waals surface area (Å²) in [6.07, 6.45) is 0.692. The van der Waals surface area contributed by atoms with Gasteiger partial charge in [0.05, 0.1) is 11.0 Å². The number of hydrogen-bond acceptors (Lipinski definition) is 3. The van der Waals surface area contributed by atoms with Crippen LogP contribution in [0.15, 0.2) is 42.5 Å². The van der Waals surface area contributed by atoms with Gasteiger partial charge in [-0.15, -0.1) is 0 Å². The number of hydrogen-bond donors (Lipinski definition) is 0. The molecule has 0 amide bonds. The Morgan fingerprint density at radius 2 is 1.95 bits per heavy atom. The van der Waals surface area contributed by atoms with E-state index < -0.39 is 4.92 Å². The lowest BCUT2D eigenvalue weighted by atomic mass is 9.91. The van der Waals surface area contributed by atoms with Gasteiger partial charge < -0.3 is 4.74 Å². The summed E-state index contributed by atoms with van der Waals surface area (Å²) in [6.45, 7) is 2.02. The Morgan fingerprint density at radius 1 is 1.24 bits per heavy atom. The van der Waals surface area contributed by atoms with Crippen LogP contribution in [0.5, 0.6) is 0 Å². The topological polar surface area (TPSA) is 52.4 Å². The number of fused-ring (bicyclic) bond motifs is 1. The van der Waals surface area contributed by atoms with Crippen LogP contribution < -0.4 is 0 Å². The molecule has 0 saturated heterocycles. The molecule has 0 spiro atoms. The molecule has 5 heteroatoms. The first-order chi connectivity index (χ1) is 10.0. The van der Waals surface area contributed by atoms with Crippen molar-refractivity contribution >= 4 is 17.3 Å². The van der Waals surface area contributed by atoms with Gasteiger partial charge in [-0.1, -0.05) is 17.7 Å². The number of non-ortho nitro benzene ring substituents is 1. The van der Waals surface area contributed by atoms with Gasteiger partial charge >= 0.3 is 0 Å². The van der Waals surface area contributed by atoms with E-state index in [0.717, 1.165) is 17.5 Å². The number of nitrogens with zero attached hydrogens (tertiary/aromatic N) is 1. The van der Waals surface area contributed by atoms with Gasteiger partial charge in [0.1, 0.15) is 6.10 Å². The second kappa shape index (κ2) is 5.47. The number of benzene rings is 2. The highest BCUT2D eigenvalue weighted by atomic mass is 35.5.